The summed E-state index contributed by atoms with van der Waals surface area (Å²) >= 11 is 6.50. The highest BCUT2D eigenvalue weighted by Gasteiger charge is 2.22. The van der Waals surface area contributed by atoms with Crippen LogP contribution >= 0.6 is 11.6 Å². The van der Waals surface area contributed by atoms with Crippen LogP contribution in [0.15, 0.2) is 36.4 Å². The Balaban J connectivity index is 1.70. The average molecular weight is 416 g/mol. The van der Waals surface area contributed by atoms with Crippen LogP contribution in [0.4, 0.5) is 11.4 Å². The molecule has 0 aliphatic carbocycles. The molecular weight excluding hydrogens is 390 g/mol. The highest BCUT2D eigenvalue weighted by atomic mass is 35.5. The number of carbonyl (C=O) groups excluding carboxylic acids is 2. The number of hydrogen-bond acceptors (Lipinski definition) is 4. The summed E-state index contributed by atoms with van der Waals surface area (Å²) in [5.41, 5.74) is 2.90. The zero-order valence-corrected chi connectivity index (χ0v) is 17.8. The summed E-state index contributed by atoms with van der Waals surface area (Å²) in [4.78, 5) is 28.6. The van der Waals surface area contributed by atoms with Crippen molar-refractivity contribution in [1.82, 2.24) is 4.90 Å². The highest BCUT2D eigenvalue weighted by Crippen LogP contribution is 2.31. The van der Waals surface area contributed by atoms with Crippen LogP contribution in [0.2, 0.25) is 5.02 Å². The molecular formula is C22H26ClN3O3. The first-order valence-corrected chi connectivity index (χ1v) is 10.1. The van der Waals surface area contributed by atoms with Gasteiger partial charge < -0.3 is 19.9 Å². The van der Waals surface area contributed by atoms with Crippen LogP contribution in [0.1, 0.15) is 29.3 Å². The third kappa shape index (κ3) is 4.65. The van der Waals surface area contributed by atoms with Crippen molar-refractivity contribution >= 4 is 34.8 Å². The smallest absolute Gasteiger partial charge is 0.259 e. The number of piperazine rings is 1. The van der Waals surface area contributed by atoms with E-state index in [9.17, 15) is 9.59 Å². The van der Waals surface area contributed by atoms with E-state index in [-0.39, 0.29) is 11.8 Å². The van der Waals surface area contributed by atoms with Crippen molar-refractivity contribution in [1.29, 1.82) is 0 Å². The number of hydrogen-bond donors (Lipinski definition) is 1. The Morgan fingerprint density at radius 1 is 1.14 bits per heavy atom. The fourth-order valence-electron chi connectivity index (χ4n) is 3.56. The zero-order valence-electron chi connectivity index (χ0n) is 17.0. The average Bonchev–Trinajstić information content (AvgIpc) is 2.73. The van der Waals surface area contributed by atoms with Crippen LogP contribution in [-0.2, 0) is 4.79 Å². The van der Waals surface area contributed by atoms with Gasteiger partial charge in [0.1, 0.15) is 5.75 Å². The Kier molecular flexibility index (Phi) is 6.64. The third-order valence-corrected chi connectivity index (χ3v) is 5.44. The summed E-state index contributed by atoms with van der Waals surface area (Å²) < 4.78 is 5.37. The van der Waals surface area contributed by atoms with E-state index < -0.39 is 0 Å². The van der Waals surface area contributed by atoms with Gasteiger partial charge in [-0.2, -0.15) is 0 Å². The molecule has 1 saturated heterocycles. The van der Waals surface area contributed by atoms with Crippen LogP contribution in [0.25, 0.3) is 0 Å². The Labute approximate surface area is 176 Å². The molecule has 6 nitrogen and oxygen atoms in total. The van der Waals surface area contributed by atoms with Gasteiger partial charge in [0.05, 0.1) is 23.4 Å². The van der Waals surface area contributed by atoms with Gasteiger partial charge in [0.2, 0.25) is 5.91 Å². The highest BCUT2D eigenvalue weighted by molar-refractivity contribution is 6.33. The van der Waals surface area contributed by atoms with Gasteiger partial charge in [-0.1, -0.05) is 30.7 Å². The number of amides is 2. The summed E-state index contributed by atoms with van der Waals surface area (Å²) in [5, 5.41) is 3.45. The largest absolute Gasteiger partial charge is 0.496 e. The number of methoxy groups -OCH3 is 1. The van der Waals surface area contributed by atoms with E-state index in [0.717, 1.165) is 24.3 Å². The minimum absolute atomic E-state index is 0.181. The van der Waals surface area contributed by atoms with E-state index in [0.29, 0.717) is 41.5 Å². The number of halogens is 1. The van der Waals surface area contributed by atoms with Gasteiger partial charge in [0.25, 0.3) is 5.91 Å². The molecule has 29 heavy (non-hydrogen) atoms. The summed E-state index contributed by atoms with van der Waals surface area (Å²) in [6, 6.07) is 10.9. The Morgan fingerprint density at radius 3 is 2.48 bits per heavy atom. The normalized spacial score (nSPS) is 13.9. The molecule has 0 radical (unpaired) electrons. The van der Waals surface area contributed by atoms with Crippen molar-refractivity contribution in [2.75, 3.05) is 43.5 Å². The molecule has 0 aromatic heterocycles. The van der Waals surface area contributed by atoms with E-state index in [1.165, 1.54) is 0 Å². The molecule has 2 amide bonds. The second-order valence-corrected chi connectivity index (χ2v) is 7.40. The summed E-state index contributed by atoms with van der Waals surface area (Å²) in [5.74, 6) is 0.494. The SMILES string of the molecule is CCC(=O)N1CCN(c2ccc(NC(=O)c3cccc(C)c3OC)cc2Cl)CC1. The molecule has 2 aromatic rings. The summed E-state index contributed by atoms with van der Waals surface area (Å²) in [7, 11) is 1.55. The molecule has 154 valence electrons. The number of carbonyl (C=O) groups is 2. The van der Waals surface area contributed by atoms with E-state index in [4.69, 9.17) is 16.3 Å². The lowest BCUT2D eigenvalue weighted by Crippen LogP contribution is -2.48. The predicted octanol–water partition coefficient (Wildman–Crippen LogP) is 3.97. The predicted molar refractivity (Wildman–Crippen MR) is 116 cm³/mol. The Bertz CT molecular complexity index is 908. The van der Waals surface area contributed by atoms with Crippen LogP contribution < -0.4 is 15.0 Å². The number of nitrogens with one attached hydrogen (secondary N) is 1. The fraction of sp³-hybridized carbons (Fsp3) is 0.364. The number of benzene rings is 2. The minimum Gasteiger partial charge on any atom is -0.496 e. The molecule has 0 atom stereocenters. The minimum atomic E-state index is -0.249. The maximum absolute atomic E-state index is 12.7. The standard InChI is InChI=1S/C22H26ClN3O3/c1-4-20(27)26-12-10-25(11-13-26)19-9-8-16(14-18(19)23)24-22(28)17-7-5-6-15(2)21(17)29-3/h5-9,14H,4,10-13H2,1-3H3,(H,24,28). The molecule has 2 aromatic carbocycles. The van der Waals surface area contributed by atoms with Crippen molar-refractivity contribution in [2.24, 2.45) is 0 Å². The molecule has 0 saturated carbocycles. The van der Waals surface area contributed by atoms with Crippen molar-refractivity contribution in [3.8, 4) is 5.75 Å². The van der Waals surface area contributed by atoms with Gasteiger partial charge >= 0.3 is 0 Å². The number of nitrogens with zero attached hydrogens (tertiary/aromatic N) is 2. The third-order valence-electron chi connectivity index (χ3n) is 5.14. The van der Waals surface area contributed by atoms with E-state index in [1.807, 2.05) is 43.0 Å². The number of aryl methyl sites for hydroxylation is 1. The molecule has 1 heterocycles. The van der Waals surface area contributed by atoms with Crippen molar-refractivity contribution in [3.63, 3.8) is 0 Å². The van der Waals surface area contributed by atoms with Gasteiger partial charge in [0.15, 0.2) is 0 Å². The molecule has 1 fully saturated rings. The lowest BCUT2D eigenvalue weighted by Gasteiger charge is -2.36. The molecule has 0 spiro atoms. The fourth-order valence-corrected chi connectivity index (χ4v) is 3.86. The van der Waals surface area contributed by atoms with Crippen molar-refractivity contribution in [3.05, 3.63) is 52.5 Å². The molecule has 1 aliphatic rings. The Morgan fingerprint density at radius 2 is 1.86 bits per heavy atom. The van der Waals surface area contributed by atoms with E-state index in [1.54, 1.807) is 19.2 Å². The molecule has 0 unspecified atom stereocenters. The number of para-hydroxylation sites is 1. The van der Waals surface area contributed by atoms with Gasteiger partial charge in [-0.15, -0.1) is 0 Å². The lowest BCUT2D eigenvalue weighted by atomic mass is 10.1. The molecule has 1 aliphatic heterocycles. The lowest BCUT2D eigenvalue weighted by molar-refractivity contribution is -0.131. The second-order valence-electron chi connectivity index (χ2n) is 7.00. The first-order valence-electron chi connectivity index (χ1n) is 9.71. The second kappa shape index (κ2) is 9.18. The molecule has 7 heteroatoms. The van der Waals surface area contributed by atoms with Crippen molar-refractivity contribution in [2.45, 2.75) is 20.3 Å². The van der Waals surface area contributed by atoms with Gasteiger partial charge in [0, 0.05) is 38.3 Å². The van der Waals surface area contributed by atoms with Gasteiger partial charge in [-0.25, -0.2) is 0 Å². The number of rotatable bonds is 5. The maximum Gasteiger partial charge on any atom is 0.259 e. The molecule has 0 bridgehead atoms. The quantitative estimate of drug-likeness (QED) is 0.802. The van der Waals surface area contributed by atoms with E-state index >= 15 is 0 Å². The van der Waals surface area contributed by atoms with Crippen LogP contribution in [0, 0.1) is 6.92 Å². The molecule has 1 N–H and O–H groups in total. The van der Waals surface area contributed by atoms with Crippen LogP contribution in [0.3, 0.4) is 0 Å². The van der Waals surface area contributed by atoms with Gasteiger partial charge in [-0.3, -0.25) is 9.59 Å². The summed E-state index contributed by atoms with van der Waals surface area (Å²) in [6.07, 6.45) is 0.529. The van der Waals surface area contributed by atoms with Crippen molar-refractivity contribution < 1.29 is 14.3 Å². The topological polar surface area (TPSA) is 61.9 Å². The number of ether oxygens (including phenoxy) is 1. The zero-order chi connectivity index (χ0) is 21.0. The van der Waals surface area contributed by atoms with Crippen LogP contribution in [-0.4, -0.2) is 50.0 Å². The first-order chi connectivity index (χ1) is 13.9. The summed E-state index contributed by atoms with van der Waals surface area (Å²) in [6.45, 7) is 6.62. The van der Waals surface area contributed by atoms with Gasteiger partial charge in [-0.05, 0) is 36.8 Å². The van der Waals surface area contributed by atoms with E-state index in [2.05, 4.69) is 10.2 Å². The monoisotopic (exact) mass is 415 g/mol. The molecule has 3 rings (SSSR count). The first kappa shape index (κ1) is 21.0. The van der Waals surface area contributed by atoms with Crippen LogP contribution in [0.5, 0.6) is 5.75 Å². The number of anilines is 2. The Hall–Kier alpha value is -2.73. The maximum atomic E-state index is 12.7.